The number of nitrogens with zero attached hydrogens (tertiary/aromatic N) is 1. The Morgan fingerprint density at radius 1 is 1.21 bits per heavy atom. The Labute approximate surface area is 181 Å². The van der Waals surface area contributed by atoms with Crippen molar-refractivity contribution < 1.29 is 23.9 Å². The van der Waals surface area contributed by atoms with Crippen LogP contribution in [0.25, 0.3) is 0 Å². The van der Waals surface area contributed by atoms with Gasteiger partial charge in [-0.1, -0.05) is 23.2 Å². The van der Waals surface area contributed by atoms with Crippen LogP contribution in [0.4, 0.5) is 9.80 Å². The maximum absolute atomic E-state index is 12.7. The number of nitrogens with one attached hydrogen (secondary N) is 1. The van der Waals surface area contributed by atoms with Gasteiger partial charge in [0.1, 0.15) is 5.00 Å². The first-order valence-electron chi connectivity index (χ1n) is 8.76. The predicted octanol–water partition coefficient (Wildman–Crippen LogP) is 4.61. The van der Waals surface area contributed by atoms with Gasteiger partial charge in [-0.15, -0.1) is 11.3 Å². The number of rotatable bonds is 4. The van der Waals surface area contributed by atoms with Crippen molar-refractivity contribution >= 4 is 57.5 Å². The number of hydrogen-bond acceptors (Lipinski definition) is 6. The molecule has 0 radical (unpaired) electrons. The largest absolute Gasteiger partial charge is 0.465 e. The highest BCUT2D eigenvalue weighted by Gasteiger charge is 2.31. The first kappa shape index (κ1) is 21.4. The Bertz CT molecular complexity index is 955. The number of esters is 1. The number of carbonyl (C=O) groups excluding carboxylic acids is 3. The zero-order chi connectivity index (χ0) is 21.1. The van der Waals surface area contributed by atoms with E-state index in [2.05, 4.69) is 5.32 Å². The van der Waals surface area contributed by atoms with Crippen molar-refractivity contribution in [2.45, 2.75) is 19.9 Å². The van der Waals surface area contributed by atoms with Gasteiger partial charge in [-0.2, -0.15) is 0 Å². The lowest BCUT2D eigenvalue weighted by Gasteiger charge is -2.26. The maximum Gasteiger partial charge on any atom is 0.410 e. The smallest absolute Gasteiger partial charge is 0.410 e. The van der Waals surface area contributed by atoms with E-state index in [1.807, 2.05) is 0 Å². The lowest BCUT2D eigenvalue weighted by molar-refractivity contribution is 0.0600. The van der Waals surface area contributed by atoms with Crippen LogP contribution >= 0.6 is 34.5 Å². The van der Waals surface area contributed by atoms with Gasteiger partial charge in [0, 0.05) is 27.0 Å². The summed E-state index contributed by atoms with van der Waals surface area (Å²) in [6.07, 6.45) is 0.0406. The Balaban J connectivity index is 1.92. The molecular weight excluding hydrogens is 439 g/mol. The van der Waals surface area contributed by atoms with Crippen molar-refractivity contribution in [1.82, 2.24) is 4.90 Å². The summed E-state index contributed by atoms with van der Waals surface area (Å²) in [6.45, 7) is 2.72. The van der Waals surface area contributed by atoms with Gasteiger partial charge in [-0.3, -0.25) is 4.79 Å². The summed E-state index contributed by atoms with van der Waals surface area (Å²) in [7, 11) is 1.28. The zero-order valence-electron chi connectivity index (χ0n) is 15.7. The van der Waals surface area contributed by atoms with Crippen molar-refractivity contribution in [2.75, 3.05) is 25.6 Å². The summed E-state index contributed by atoms with van der Waals surface area (Å²) in [5, 5.41) is 3.76. The molecule has 1 aliphatic rings. The fourth-order valence-corrected chi connectivity index (χ4v) is 4.81. The average Bonchev–Trinajstić information content (AvgIpc) is 3.03. The van der Waals surface area contributed by atoms with Crippen molar-refractivity contribution in [3.05, 3.63) is 49.8 Å². The molecule has 1 aromatic carbocycles. The van der Waals surface area contributed by atoms with Crippen LogP contribution in [0, 0.1) is 0 Å². The molecule has 1 aromatic heterocycles. The van der Waals surface area contributed by atoms with E-state index in [1.54, 1.807) is 11.8 Å². The van der Waals surface area contributed by atoms with Crippen LogP contribution in [0.3, 0.4) is 0 Å². The molecule has 0 unspecified atom stereocenters. The molecular formula is C19H18Cl2N2O5S. The third-order valence-corrected chi connectivity index (χ3v) is 5.89. The summed E-state index contributed by atoms with van der Waals surface area (Å²) in [4.78, 5) is 39.5. The van der Waals surface area contributed by atoms with E-state index < -0.39 is 18.0 Å². The summed E-state index contributed by atoms with van der Waals surface area (Å²) in [5.41, 5.74) is 1.33. The lowest BCUT2D eigenvalue weighted by atomic mass is 10.0. The second-order valence-corrected chi connectivity index (χ2v) is 8.16. The first-order chi connectivity index (χ1) is 13.8. The Morgan fingerprint density at radius 3 is 2.52 bits per heavy atom. The Morgan fingerprint density at radius 2 is 1.90 bits per heavy atom. The Hall–Kier alpha value is -2.29. The predicted molar refractivity (Wildman–Crippen MR) is 111 cm³/mol. The second kappa shape index (κ2) is 9.02. The SMILES string of the molecule is CCOC(=O)N1CCc2c(sc(NC(=O)c3cc(Cl)cc(Cl)c3)c2C(=O)OC)C1. The van der Waals surface area contributed by atoms with E-state index in [9.17, 15) is 14.4 Å². The molecule has 154 valence electrons. The molecule has 29 heavy (non-hydrogen) atoms. The molecule has 0 spiro atoms. The summed E-state index contributed by atoms with van der Waals surface area (Å²) < 4.78 is 9.96. The quantitative estimate of drug-likeness (QED) is 0.678. The molecule has 1 aliphatic heterocycles. The molecule has 0 bridgehead atoms. The Kier molecular flexibility index (Phi) is 6.66. The van der Waals surface area contributed by atoms with Crippen LogP contribution < -0.4 is 5.32 Å². The number of benzene rings is 1. The van der Waals surface area contributed by atoms with Crippen molar-refractivity contribution in [3.63, 3.8) is 0 Å². The fraction of sp³-hybridized carbons (Fsp3) is 0.316. The van der Waals surface area contributed by atoms with Gasteiger partial charge in [0.15, 0.2) is 0 Å². The molecule has 0 aliphatic carbocycles. The highest BCUT2D eigenvalue weighted by Crippen LogP contribution is 2.38. The standard InChI is InChI=1S/C19H18Cl2N2O5S/c1-3-28-19(26)23-5-4-13-14(9-23)29-17(15(13)18(25)27-2)22-16(24)10-6-11(20)8-12(21)7-10/h6-8H,3-5,9H2,1-2H3,(H,22,24). The van der Waals surface area contributed by atoms with Gasteiger partial charge in [-0.25, -0.2) is 9.59 Å². The fourth-order valence-electron chi connectivity index (χ4n) is 3.04. The number of hydrogen-bond donors (Lipinski definition) is 1. The molecule has 0 saturated heterocycles. The summed E-state index contributed by atoms with van der Waals surface area (Å²) in [6, 6.07) is 4.49. The van der Waals surface area contributed by atoms with Crippen molar-refractivity contribution in [3.8, 4) is 0 Å². The van der Waals surface area contributed by atoms with Gasteiger partial charge in [0.2, 0.25) is 0 Å². The summed E-state index contributed by atoms with van der Waals surface area (Å²) in [5.74, 6) is -1.01. The van der Waals surface area contributed by atoms with E-state index in [0.717, 1.165) is 10.4 Å². The van der Waals surface area contributed by atoms with Crippen molar-refractivity contribution in [2.24, 2.45) is 0 Å². The average molecular weight is 457 g/mol. The molecule has 10 heteroatoms. The van der Waals surface area contributed by atoms with E-state index in [1.165, 1.54) is 36.6 Å². The van der Waals surface area contributed by atoms with Gasteiger partial charge in [0.25, 0.3) is 5.91 Å². The minimum Gasteiger partial charge on any atom is -0.465 e. The molecule has 0 fully saturated rings. The van der Waals surface area contributed by atoms with Crippen molar-refractivity contribution in [1.29, 1.82) is 0 Å². The number of methoxy groups -OCH3 is 1. The lowest BCUT2D eigenvalue weighted by Crippen LogP contribution is -2.36. The second-order valence-electron chi connectivity index (χ2n) is 6.18. The van der Waals surface area contributed by atoms with Crippen LogP contribution in [-0.2, 0) is 22.4 Å². The number of amides is 2. The number of halogens is 2. The van der Waals surface area contributed by atoms with E-state index >= 15 is 0 Å². The van der Waals surface area contributed by atoms with Crippen LogP contribution in [-0.4, -0.2) is 43.1 Å². The molecule has 0 saturated carbocycles. The molecule has 2 amide bonds. The van der Waals surface area contributed by atoms with Gasteiger partial charge < -0.3 is 19.7 Å². The monoisotopic (exact) mass is 456 g/mol. The third-order valence-electron chi connectivity index (χ3n) is 4.32. The zero-order valence-corrected chi connectivity index (χ0v) is 18.0. The third kappa shape index (κ3) is 4.66. The molecule has 3 rings (SSSR count). The summed E-state index contributed by atoms with van der Waals surface area (Å²) >= 11 is 13.2. The minimum atomic E-state index is -0.550. The number of fused-ring (bicyclic) bond motifs is 1. The van der Waals surface area contributed by atoms with E-state index in [-0.39, 0.29) is 12.2 Å². The molecule has 7 nitrogen and oxygen atoms in total. The van der Waals surface area contributed by atoms with Gasteiger partial charge in [0.05, 0.1) is 25.8 Å². The van der Waals surface area contributed by atoms with Gasteiger partial charge >= 0.3 is 12.1 Å². The number of anilines is 1. The number of carbonyl (C=O) groups is 3. The van der Waals surface area contributed by atoms with Gasteiger partial charge in [-0.05, 0) is 37.1 Å². The van der Waals surface area contributed by atoms with Crippen LogP contribution in [0.2, 0.25) is 10.0 Å². The highest BCUT2D eigenvalue weighted by molar-refractivity contribution is 7.17. The minimum absolute atomic E-state index is 0.262. The van der Waals surface area contributed by atoms with E-state index in [0.29, 0.717) is 40.1 Å². The first-order valence-corrected chi connectivity index (χ1v) is 10.3. The van der Waals surface area contributed by atoms with Crippen LogP contribution in [0.15, 0.2) is 18.2 Å². The van der Waals surface area contributed by atoms with Crippen LogP contribution in [0.1, 0.15) is 38.1 Å². The highest BCUT2D eigenvalue weighted by atomic mass is 35.5. The topological polar surface area (TPSA) is 84.9 Å². The molecule has 2 aromatic rings. The molecule has 0 atom stereocenters. The molecule has 1 N–H and O–H groups in total. The maximum atomic E-state index is 12.7. The number of thiophene rings is 1. The van der Waals surface area contributed by atoms with Crippen LogP contribution in [0.5, 0.6) is 0 Å². The van der Waals surface area contributed by atoms with E-state index in [4.69, 9.17) is 32.7 Å². The number of ether oxygens (including phenoxy) is 2. The molecule has 2 heterocycles. The normalized spacial score (nSPS) is 12.9.